The summed E-state index contributed by atoms with van der Waals surface area (Å²) >= 11 is 1.59. The van der Waals surface area contributed by atoms with Gasteiger partial charge in [-0.3, -0.25) is 14.9 Å². The zero-order valence-electron chi connectivity index (χ0n) is 17.6. The number of amides is 1. The molecule has 2 aromatic rings. The molecule has 1 aromatic heterocycles. The minimum Gasteiger partial charge on any atom is -0.493 e. The fourth-order valence-corrected chi connectivity index (χ4v) is 4.71. The predicted octanol–water partition coefficient (Wildman–Crippen LogP) is 5.20. The van der Waals surface area contributed by atoms with Crippen molar-refractivity contribution in [1.29, 1.82) is 0 Å². The Bertz CT molecular complexity index is 820. The lowest BCUT2D eigenvalue weighted by Crippen LogP contribution is -2.20. The van der Waals surface area contributed by atoms with E-state index in [1.807, 2.05) is 0 Å². The zero-order chi connectivity index (χ0) is 21.2. The molecule has 0 radical (unpaired) electrons. The maximum atomic E-state index is 12.4. The second kappa shape index (κ2) is 11.7. The Labute approximate surface area is 182 Å². The van der Waals surface area contributed by atoms with Gasteiger partial charge in [0.2, 0.25) is 0 Å². The van der Waals surface area contributed by atoms with E-state index in [0.29, 0.717) is 22.2 Å². The molecule has 162 valence electrons. The van der Waals surface area contributed by atoms with Crippen molar-refractivity contribution in [1.82, 2.24) is 4.98 Å². The molecule has 0 spiro atoms. The number of benzene rings is 1. The van der Waals surface area contributed by atoms with E-state index in [1.54, 1.807) is 29.5 Å². The van der Waals surface area contributed by atoms with Crippen molar-refractivity contribution in [2.45, 2.75) is 64.2 Å². The highest BCUT2D eigenvalue weighted by Gasteiger charge is 2.15. The van der Waals surface area contributed by atoms with Crippen molar-refractivity contribution < 1.29 is 19.1 Å². The summed E-state index contributed by atoms with van der Waals surface area (Å²) in [7, 11) is 1.50. The number of aldehydes is 1. The van der Waals surface area contributed by atoms with Crippen molar-refractivity contribution in [3.8, 4) is 11.5 Å². The minimum absolute atomic E-state index is 0.152. The standard InChI is InChI=1S/C23H30N2O4S/c1-28-20-14-17(15-26)12-13-19(20)29-16-22(27)25-23-24-18-10-8-6-4-2-3-5-7-9-11-21(18)30-23/h12-15H,2-11,16H2,1H3,(H,24,25,27). The molecule has 0 aliphatic heterocycles. The summed E-state index contributed by atoms with van der Waals surface area (Å²) in [6.45, 7) is -0.152. The molecule has 0 saturated heterocycles. The number of thiazole rings is 1. The first kappa shape index (κ1) is 22.3. The number of ether oxygens (including phenoxy) is 2. The van der Waals surface area contributed by atoms with Gasteiger partial charge in [0.15, 0.2) is 23.2 Å². The number of rotatable bonds is 6. The fraction of sp³-hybridized carbons (Fsp3) is 0.522. The molecule has 0 unspecified atom stereocenters. The van der Waals surface area contributed by atoms with Crippen LogP contribution in [0.1, 0.15) is 72.3 Å². The molecule has 0 fully saturated rings. The SMILES string of the molecule is COc1cc(C=O)ccc1OCC(=O)Nc1nc2c(s1)CCCCCCCCCC2. The van der Waals surface area contributed by atoms with Gasteiger partial charge in [0.1, 0.15) is 6.29 Å². The second-order valence-corrected chi connectivity index (χ2v) is 8.67. The van der Waals surface area contributed by atoms with E-state index in [0.717, 1.165) is 31.2 Å². The highest BCUT2D eigenvalue weighted by Crippen LogP contribution is 2.29. The van der Waals surface area contributed by atoms with Crippen LogP contribution in [0.15, 0.2) is 18.2 Å². The lowest BCUT2D eigenvalue weighted by atomic mass is 10.0. The summed E-state index contributed by atoms with van der Waals surface area (Å²) in [6.07, 6.45) is 12.9. The number of aryl methyl sites for hydroxylation is 2. The van der Waals surface area contributed by atoms with Crippen LogP contribution in [0.3, 0.4) is 0 Å². The number of hydrogen-bond acceptors (Lipinski definition) is 6. The van der Waals surface area contributed by atoms with Gasteiger partial charge < -0.3 is 9.47 Å². The number of aromatic nitrogens is 1. The molecule has 7 heteroatoms. The highest BCUT2D eigenvalue weighted by molar-refractivity contribution is 7.15. The van der Waals surface area contributed by atoms with Crippen LogP contribution < -0.4 is 14.8 Å². The van der Waals surface area contributed by atoms with Gasteiger partial charge in [0.05, 0.1) is 12.8 Å². The number of methoxy groups -OCH3 is 1. The van der Waals surface area contributed by atoms with Crippen LogP contribution in [0, 0.1) is 0 Å². The molecule has 0 saturated carbocycles. The van der Waals surface area contributed by atoms with E-state index in [9.17, 15) is 9.59 Å². The largest absolute Gasteiger partial charge is 0.493 e. The van der Waals surface area contributed by atoms with Gasteiger partial charge in [-0.1, -0.05) is 38.5 Å². The zero-order valence-corrected chi connectivity index (χ0v) is 18.4. The van der Waals surface area contributed by atoms with E-state index in [1.165, 1.54) is 56.9 Å². The van der Waals surface area contributed by atoms with Gasteiger partial charge in [-0.2, -0.15) is 0 Å². The average molecular weight is 431 g/mol. The van der Waals surface area contributed by atoms with Crippen LogP contribution in [0.25, 0.3) is 0 Å². The molecule has 0 atom stereocenters. The average Bonchev–Trinajstić information content (AvgIpc) is 3.13. The number of nitrogens with one attached hydrogen (secondary N) is 1. The van der Waals surface area contributed by atoms with Crippen LogP contribution in [0.4, 0.5) is 5.13 Å². The van der Waals surface area contributed by atoms with E-state index in [2.05, 4.69) is 5.32 Å². The smallest absolute Gasteiger partial charge is 0.264 e. The third-order valence-electron chi connectivity index (χ3n) is 5.27. The summed E-state index contributed by atoms with van der Waals surface area (Å²) in [6, 6.07) is 4.83. The topological polar surface area (TPSA) is 77.5 Å². The molecule has 6 nitrogen and oxygen atoms in total. The van der Waals surface area contributed by atoms with Crippen molar-refractivity contribution in [2.75, 3.05) is 19.0 Å². The Hall–Kier alpha value is -2.41. The quantitative estimate of drug-likeness (QED) is 0.637. The summed E-state index contributed by atoms with van der Waals surface area (Å²) in [5.74, 6) is 0.578. The number of fused-ring (bicyclic) bond motifs is 1. The number of hydrogen-bond donors (Lipinski definition) is 1. The molecule has 1 aromatic carbocycles. The van der Waals surface area contributed by atoms with Gasteiger partial charge in [0, 0.05) is 10.4 Å². The molecular formula is C23H30N2O4S. The first-order valence-electron chi connectivity index (χ1n) is 10.7. The number of carbonyl (C=O) groups is 2. The Balaban J connectivity index is 1.58. The molecular weight excluding hydrogens is 400 g/mol. The van der Waals surface area contributed by atoms with Gasteiger partial charge >= 0.3 is 0 Å². The first-order valence-corrected chi connectivity index (χ1v) is 11.6. The van der Waals surface area contributed by atoms with Crippen LogP contribution >= 0.6 is 11.3 Å². The van der Waals surface area contributed by atoms with Crippen molar-refractivity contribution in [2.24, 2.45) is 0 Å². The Kier molecular flexibility index (Phi) is 8.68. The summed E-state index contributed by atoms with van der Waals surface area (Å²) in [4.78, 5) is 29.3. The van der Waals surface area contributed by atoms with Gasteiger partial charge in [0.25, 0.3) is 5.91 Å². The molecule has 1 heterocycles. The van der Waals surface area contributed by atoms with Crippen LogP contribution in [-0.4, -0.2) is 30.9 Å². The maximum Gasteiger partial charge on any atom is 0.264 e. The number of carbonyl (C=O) groups excluding carboxylic acids is 2. The minimum atomic E-state index is -0.263. The molecule has 0 bridgehead atoms. The molecule has 1 aliphatic rings. The van der Waals surface area contributed by atoms with Crippen molar-refractivity contribution in [3.05, 3.63) is 34.3 Å². The monoisotopic (exact) mass is 430 g/mol. The van der Waals surface area contributed by atoms with Gasteiger partial charge in [-0.15, -0.1) is 11.3 Å². The predicted molar refractivity (Wildman–Crippen MR) is 119 cm³/mol. The van der Waals surface area contributed by atoms with Crippen molar-refractivity contribution >= 4 is 28.7 Å². The van der Waals surface area contributed by atoms with Crippen LogP contribution in [0.5, 0.6) is 11.5 Å². The molecule has 30 heavy (non-hydrogen) atoms. The summed E-state index contributed by atoms with van der Waals surface area (Å²) < 4.78 is 10.8. The molecule has 1 amide bonds. The van der Waals surface area contributed by atoms with E-state index in [-0.39, 0.29) is 12.5 Å². The number of anilines is 1. The number of nitrogens with zero attached hydrogens (tertiary/aromatic N) is 1. The van der Waals surface area contributed by atoms with Crippen molar-refractivity contribution in [3.63, 3.8) is 0 Å². The van der Waals surface area contributed by atoms with E-state index in [4.69, 9.17) is 14.5 Å². The fourth-order valence-electron chi connectivity index (χ4n) is 3.64. The summed E-state index contributed by atoms with van der Waals surface area (Å²) in [5.41, 5.74) is 1.63. The normalized spacial score (nSPS) is 15.2. The summed E-state index contributed by atoms with van der Waals surface area (Å²) in [5, 5.41) is 3.52. The highest BCUT2D eigenvalue weighted by atomic mass is 32.1. The maximum absolute atomic E-state index is 12.4. The third-order valence-corrected chi connectivity index (χ3v) is 6.35. The van der Waals surface area contributed by atoms with Crippen LogP contribution in [-0.2, 0) is 17.6 Å². The Morgan fingerprint density at radius 2 is 1.77 bits per heavy atom. The van der Waals surface area contributed by atoms with Gasteiger partial charge in [-0.05, 0) is 43.9 Å². The third kappa shape index (κ3) is 6.55. The Morgan fingerprint density at radius 1 is 1.07 bits per heavy atom. The first-order chi connectivity index (χ1) is 14.7. The molecule has 1 N–H and O–H groups in total. The van der Waals surface area contributed by atoms with E-state index < -0.39 is 0 Å². The van der Waals surface area contributed by atoms with Gasteiger partial charge in [-0.25, -0.2) is 4.98 Å². The molecule has 3 rings (SSSR count). The lowest BCUT2D eigenvalue weighted by molar-refractivity contribution is -0.118. The lowest BCUT2D eigenvalue weighted by Gasteiger charge is -2.10. The molecule has 1 aliphatic carbocycles. The Morgan fingerprint density at radius 3 is 2.47 bits per heavy atom. The van der Waals surface area contributed by atoms with Crippen LogP contribution in [0.2, 0.25) is 0 Å². The van der Waals surface area contributed by atoms with E-state index >= 15 is 0 Å². The second-order valence-electron chi connectivity index (χ2n) is 7.58.